The van der Waals surface area contributed by atoms with Gasteiger partial charge in [-0.15, -0.1) is 0 Å². The van der Waals surface area contributed by atoms with Crippen LogP contribution in [0, 0.1) is 12.8 Å². The first kappa shape index (κ1) is 10.4. The van der Waals surface area contributed by atoms with Gasteiger partial charge in [0.1, 0.15) is 5.82 Å². The second-order valence-electron chi connectivity index (χ2n) is 4.20. The Labute approximate surface area is 89.8 Å². The van der Waals surface area contributed by atoms with Gasteiger partial charge in [-0.25, -0.2) is 4.98 Å². The van der Waals surface area contributed by atoms with Crippen LogP contribution >= 0.6 is 0 Å². The van der Waals surface area contributed by atoms with E-state index in [4.69, 9.17) is 0 Å². The smallest absolute Gasteiger partial charge is 0.147 e. The van der Waals surface area contributed by atoms with Gasteiger partial charge in [0.05, 0.1) is 11.8 Å². The maximum atomic E-state index is 9.40. The zero-order chi connectivity index (χ0) is 10.7. The number of aliphatic hydroxyl groups excluding tert-OH is 1. The Bertz CT molecular complexity index is 329. The zero-order valence-corrected chi connectivity index (χ0v) is 8.98. The minimum Gasteiger partial charge on any atom is -0.393 e. The van der Waals surface area contributed by atoms with Gasteiger partial charge in [0.15, 0.2) is 0 Å². The fourth-order valence-corrected chi connectivity index (χ4v) is 2.06. The Morgan fingerprint density at radius 3 is 2.87 bits per heavy atom. The molecule has 2 rings (SSSR count). The number of rotatable bonds is 3. The lowest BCUT2D eigenvalue weighted by atomic mass is 10.1. The van der Waals surface area contributed by atoms with Crippen molar-refractivity contribution in [2.45, 2.75) is 32.3 Å². The average Bonchev–Trinajstić information content (AvgIpc) is 2.63. The summed E-state index contributed by atoms with van der Waals surface area (Å²) in [5.74, 6) is 1.43. The highest BCUT2D eigenvalue weighted by Gasteiger charge is 2.22. The van der Waals surface area contributed by atoms with E-state index in [1.807, 2.05) is 6.92 Å². The van der Waals surface area contributed by atoms with Gasteiger partial charge in [0.25, 0.3) is 0 Å². The summed E-state index contributed by atoms with van der Waals surface area (Å²) >= 11 is 0. The van der Waals surface area contributed by atoms with Crippen molar-refractivity contribution in [3.05, 3.63) is 18.1 Å². The number of aromatic nitrogens is 2. The average molecular weight is 207 g/mol. The normalized spacial score (nSPS) is 25.5. The third-order valence-corrected chi connectivity index (χ3v) is 2.95. The molecule has 0 bridgehead atoms. The lowest BCUT2D eigenvalue weighted by molar-refractivity contribution is 0.178. The predicted octanol–water partition coefficient (Wildman–Crippen LogP) is 1.36. The van der Waals surface area contributed by atoms with Crippen molar-refractivity contribution in [1.82, 2.24) is 9.97 Å². The molecule has 1 heterocycles. The van der Waals surface area contributed by atoms with Crippen LogP contribution in [0.15, 0.2) is 12.4 Å². The van der Waals surface area contributed by atoms with Gasteiger partial charge in [-0.2, -0.15) is 0 Å². The summed E-state index contributed by atoms with van der Waals surface area (Å²) in [6.07, 6.45) is 6.24. The standard InChI is InChI=1S/C11H17N3O/c1-8-11(13-5-4-12-8)14-7-9-2-3-10(15)6-9/h4-5,9-10,15H,2-3,6-7H2,1H3,(H,13,14). The van der Waals surface area contributed by atoms with Crippen LogP contribution in [0.5, 0.6) is 0 Å². The summed E-state index contributed by atoms with van der Waals surface area (Å²) in [6, 6.07) is 0. The highest BCUT2D eigenvalue weighted by Crippen LogP contribution is 2.25. The van der Waals surface area contributed by atoms with Crippen LogP contribution in [0.1, 0.15) is 25.0 Å². The molecule has 0 spiro atoms. The van der Waals surface area contributed by atoms with Gasteiger partial charge >= 0.3 is 0 Å². The molecule has 82 valence electrons. The van der Waals surface area contributed by atoms with Crippen LogP contribution in [0.4, 0.5) is 5.82 Å². The van der Waals surface area contributed by atoms with E-state index in [-0.39, 0.29) is 6.10 Å². The largest absolute Gasteiger partial charge is 0.393 e. The SMILES string of the molecule is Cc1nccnc1NCC1CCC(O)C1. The molecule has 0 radical (unpaired) electrons. The monoisotopic (exact) mass is 207 g/mol. The fourth-order valence-electron chi connectivity index (χ4n) is 2.06. The molecule has 1 aromatic heterocycles. The Balaban J connectivity index is 1.86. The molecule has 15 heavy (non-hydrogen) atoms. The molecule has 1 aliphatic rings. The van der Waals surface area contributed by atoms with E-state index in [0.717, 1.165) is 37.3 Å². The van der Waals surface area contributed by atoms with Crippen molar-refractivity contribution in [3.8, 4) is 0 Å². The Kier molecular flexibility index (Phi) is 3.16. The summed E-state index contributed by atoms with van der Waals surface area (Å²) in [7, 11) is 0. The molecular formula is C11H17N3O. The second-order valence-corrected chi connectivity index (χ2v) is 4.20. The molecule has 1 fully saturated rings. The molecule has 1 aromatic rings. The first-order valence-corrected chi connectivity index (χ1v) is 5.45. The van der Waals surface area contributed by atoms with Crippen LogP contribution in [0.3, 0.4) is 0 Å². The molecule has 0 aromatic carbocycles. The van der Waals surface area contributed by atoms with Gasteiger partial charge in [0, 0.05) is 18.9 Å². The summed E-state index contributed by atoms with van der Waals surface area (Å²) in [4.78, 5) is 8.39. The number of aryl methyl sites for hydroxylation is 1. The summed E-state index contributed by atoms with van der Waals surface area (Å²) < 4.78 is 0. The van der Waals surface area contributed by atoms with Crippen molar-refractivity contribution in [3.63, 3.8) is 0 Å². The first-order valence-electron chi connectivity index (χ1n) is 5.45. The third kappa shape index (κ3) is 2.65. The second kappa shape index (κ2) is 4.57. The Morgan fingerprint density at radius 1 is 1.40 bits per heavy atom. The summed E-state index contributed by atoms with van der Waals surface area (Å²) in [5.41, 5.74) is 0.927. The van der Waals surface area contributed by atoms with E-state index >= 15 is 0 Å². The van der Waals surface area contributed by atoms with Crippen molar-refractivity contribution >= 4 is 5.82 Å². The van der Waals surface area contributed by atoms with Gasteiger partial charge < -0.3 is 10.4 Å². The molecule has 2 unspecified atom stereocenters. The van der Waals surface area contributed by atoms with Crippen LogP contribution < -0.4 is 5.32 Å². The van der Waals surface area contributed by atoms with Crippen LogP contribution in [-0.4, -0.2) is 27.7 Å². The minimum absolute atomic E-state index is 0.0974. The van der Waals surface area contributed by atoms with E-state index in [0.29, 0.717) is 5.92 Å². The summed E-state index contributed by atoms with van der Waals surface area (Å²) in [5, 5.41) is 12.7. The highest BCUT2D eigenvalue weighted by atomic mass is 16.3. The predicted molar refractivity (Wildman–Crippen MR) is 58.6 cm³/mol. The Hall–Kier alpha value is -1.16. The van der Waals surface area contributed by atoms with Gasteiger partial charge in [-0.1, -0.05) is 0 Å². The van der Waals surface area contributed by atoms with E-state index in [9.17, 15) is 5.11 Å². The number of anilines is 1. The maximum absolute atomic E-state index is 9.40. The van der Waals surface area contributed by atoms with E-state index in [1.54, 1.807) is 12.4 Å². The number of aliphatic hydroxyl groups is 1. The van der Waals surface area contributed by atoms with E-state index in [1.165, 1.54) is 0 Å². The molecule has 0 aliphatic heterocycles. The first-order chi connectivity index (χ1) is 7.25. The van der Waals surface area contributed by atoms with E-state index < -0.39 is 0 Å². The number of hydrogen-bond donors (Lipinski definition) is 2. The molecular weight excluding hydrogens is 190 g/mol. The summed E-state index contributed by atoms with van der Waals surface area (Å²) in [6.45, 7) is 2.83. The molecule has 2 N–H and O–H groups in total. The number of hydrogen-bond acceptors (Lipinski definition) is 4. The third-order valence-electron chi connectivity index (χ3n) is 2.95. The van der Waals surface area contributed by atoms with Gasteiger partial charge in [-0.05, 0) is 32.1 Å². The molecule has 0 saturated heterocycles. The molecule has 2 atom stereocenters. The Morgan fingerprint density at radius 2 is 2.20 bits per heavy atom. The van der Waals surface area contributed by atoms with Crippen LogP contribution in [-0.2, 0) is 0 Å². The zero-order valence-electron chi connectivity index (χ0n) is 8.98. The molecule has 0 amide bonds. The van der Waals surface area contributed by atoms with Crippen LogP contribution in [0.2, 0.25) is 0 Å². The minimum atomic E-state index is -0.0974. The topological polar surface area (TPSA) is 58.0 Å². The quantitative estimate of drug-likeness (QED) is 0.785. The maximum Gasteiger partial charge on any atom is 0.147 e. The van der Waals surface area contributed by atoms with Crippen molar-refractivity contribution in [1.29, 1.82) is 0 Å². The van der Waals surface area contributed by atoms with Crippen molar-refractivity contribution < 1.29 is 5.11 Å². The molecule has 1 saturated carbocycles. The van der Waals surface area contributed by atoms with Gasteiger partial charge in [-0.3, -0.25) is 4.98 Å². The molecule has 4 nitrogen and oxygen atoms in total. The lowest BCUT2D eigenvalue weighted by Gasteiger charge is -2.12. The van der Waals surface area contributed by atoms with Crippen molar-refractivity contribution in [2.75, 3.05) is 11.9 Å². The molecule has 1 aliphatic carbocycles. The fraction of sp³-hybridized carbons (Fsp3) is 0.636. The number of nitrogens with one attached hydrogen (secondary N) is 1. The number of nitrogens with zero attached hydrogens (tertiary/aromatic N) is 2. The molecule has 4 heteroatoms. The van der Waals surface area contributed by atoms with Gasteiger partial charge in [0.2, 0.25) is 0 Å². The van der Waals surface area contributed by atoms with E-state index in [2.05, 4.69) is 15.3 Å². The van der Waals surface area contributed by atoms with Crippen molar-refractivity contribution in [2.24, 2.45) is 5.92 Å². The highest BCUT2D eigenvalue weighted by molar-refractivity contribution is 5.38. The lowest BCUT2D eigenvalue weighted by Crippen LogP contribution is -2.14. The van der Waals surface area contributed by atoms with Crippen LogP contribution in [0.25, 0.3) is 0 Å².